The van der Waals surface area contributed by atoms with E-state index in [1.807, 2.05) is 27.0 Å². The number of aromatic nitrogens is 2. The predicted molar refractivity (Wildman–Crippen MR) is 85.7 cm³/mol. The fourth-order valence-corrected chi connectivity index (χ4v) is 3.70. The summed E-state index contributed by atoms with van der Waals surface area (Å²) >= 11 is 1.56. The molecule has 0 radical (unpaired) electrons. The van der Waals surface area contributed by atoms with E-state index in [1.54, 1.807) is 24.2 Å². The van der Waals surface area contributed by atoms with Crippen molar-refractivity contribution in [3.05, 3.63) is 18.1 Å². The number of nitrogens with zero attached hydrogens (tertiary/aromatic N) is 2. The third-order valence-electron chi connectivity index (χ3n) is 4.34. The average molecular weight is 321 g/mol. The standard InChI is InChI=1S/C16H23N3O2S/c1-15(2,3)21-14(20)19-16(6-10-5-11(10)7-16)12-8-17-9-13(18-12)22-4/h8-11H,5-7H2,1-4H3,(H,19,20). The number of thioether (sulfide) groups is 1. The summed E-state index contributed by atoms with van der Waals surface area (Å²) in [6.45, 7) is 5.62. The van der Waals surface area contributed by atoms with Gasteiger partial charge in [-0.15, -0.1) is 11.8 Å². The lowest BCUT2D eigenvalue weighted by molar-refractivity contribution is 0.0442. The van der Waals surface area contributed by atoms with Gasteiger partial charge in [-0.3, -0.25) is 4.98 Å². The van der Waals surface area contributed by atoms with Crippen LogP contribution in [0, 0.1) is 11.8 Å². The number of rotatable bonds is 3. The van der Waals surface area contributed by atoms with Crippen molar-refractivity contribution in [3.8, 4) is 0 Å². The molecule has 5 nitrogen and oxygen atoms in total. The summed E-state index contributed by atoms with van der Waals surface area (Å²) in [5.74, 6) is 1.41. The normalized spacial score (nSPS) is 29.8. The van der Waals surface area contributed by atoms with E-state index in [4.69, 9.17) is 4.74 Å². The van der Waals surface area contributed by atoms with Gasteiger partial charge < -0.3 is 10.1 Å². The molecule has 2 fully saturated rings. The molecule has 1 amide bonds. The Hall–Kier alpha value is -1.30. The monoisotopic (exact) mass is 321 g/mol. The summed E-state index contributed by atoms with van der Waals surface area (Å²) in [6, 6.07) is 0. The molecule has 22 heavy (non-hydrogen) atoms. The van der Waals surface area contributed by atoms with Gasteiger partial charge in [0.15, 0.2) is 0 Å². The molecule has 0 bridgehead atoms. The fraction of sp³-hybridized carbons (Fsp3) is 0.688. The van der Waals surface area contributed by atoms with Crippen LogP contribution in [-0.4, -0.2) is 27.9 Å². The molecule has 2 aliphatic carbocycles. The Balaban J connectivity index is 1.84. The molecule has 0 spiro atoms. The van der Waals surface area contributed by atoms with Crippen molar-refractivity contribution in [1.29, 1.82) is 0 Å². The minimum Gasteiger partial charge on any atom is -0.444 e. The second-order valence-corrected chi connectivity index (χ2v) is 8.15. The minimum absolute atomic E-state index is 0.370. The summed E-state index contributed by atoms with van der Waals surface area (Å²) in [5, 5.41) is 3.98. The summed E-state index contributed by atoms with van der Waals surface area (Å²) in [6.07, 6.45) is 8.28. The number of nitrogens with one attached hydrogen (secondary N) is 1. The number of hydrogen-bond donors (Lipinski definition) is 1. The number of amides is 1. The first-order valence-electron chi connectivity index (χ1n) is 7.69. The van der Waals surface area contributed by atoms with Crippen molar-refractivity contribution in [3.63, 3.8) is 0 Å². The van der Waals surface area contributed by atoms with Gasteiger partial charge in [-0.25, -0.2) is 9.78 Å². The van der Waals surface area contributed by atoms with Gasteiger partial charge in [0.1, 0.15) is 10.6 Å². The molecule has 1 aromatic heterocycles. The zero-order valence-corrected chi connectivity index (χ0v) is 14.4. The van der Waals surface area contributed by atoms with E-state index in [2.05, 4.69) is 15.3 Å². The second kappa shape index (κ2) is 5.41. The lowest BCUT2D eigenvalue weighted by Gasteiger charge is -2.32. The molecular formula is C16H23N3O2S. The van der Waals surface area contributed by atoms with Crippen LogP contribution in [0.3, 0.4) is 0 Å². The topological polar surface area (TPSA) is 64.1 Å². The highest BCUT2D eigenvalue weighted by Gasteiger charge is 2.56. The first-order valence-corrected chi connectivity index (χ1v) is 8.91. The first kappa shape index (κ1) is 15.6. The Bertz CT molecular complexity index is 575. The summed E-state index contributed by atoms with van der Waals surface area (Å²) in [4.78, 5) is 21.3. The largest absolute Gasteiger partial charge is 0.444 e. The number of alkyl carbamates (subject to hydrolysis) is 1. The van der Waals surface area contributed by atoms with E-state index >= 15 is 0 Å². The van der Waals surface area contributed by atoms with Crippen LogP contribution in [0.4, 0.5) is 4.79 Å². The van der Waals surface area contributed by atoms with Crippen LogP contribution in [0.5, 0.6) is 0 Å². The van der Waals surface area contributed by atoms with E-state index in [0.717, 1.165) is 23.6 Å². The average Bonchev–Trinajstić information content (AvgIpc) is 3.04. The third kappa shape index (κ3) is 3.21. The molecule has 3 rings (SSSR count). The molecule has 0 aliphatic heterocycles. The molecule has 120 valence electrons. The SMILES string of the molecule is CSc1cncc(C2(NC(=O)OC(C)(C)C)CC3CC3C2)n1. The number of carbonyl (C=O) groups is 1. The molecule has 0 aromatic carbocycles. The van der Waals surface area contributed by atoms with E-state index in [-0.39, 0.29) is 6.09 Å². The third-order valence-corrected chi connectivity index (χ3v) is 4.96. The maximum Gasteiger partial charge on any atom is 0.408 e. The van der Waals surface area contributed by atoms with Gasteiger partial charge in [-0.2, -0.15) is 0 Å². The van der Waals surface area contributed by atoms with Crippen LogP contribution in [0.1, 0.15) is 45.7 Å². The summed E-state index contributed by atoms with van der Waals surface area (Å²) in [7, 11) is 0. The van der Waals surface area contributed by atoms with Crippen molar-refractivity contribution < 1.29 is 9.53 Å². The molecule has 1 aromatic rings. The molecule has 2 saturated carbocycles. The highest BCUT2D eigenvalue weighted by molar-refractivity contribution is 7.98. The van der Waals surface area contributed by atoms with Crippen LogP contribution in [-0.2, 0) is 10.3 Å². The zero-order chi connectivity index (χ0) is 16.0. The molecular weight excluding hydrogens is 298 g/mol. The first-order chi connectivity index (χ1) is 10.3. The molecule has 2 aliphatic rings. The van der Waals surface area contributed by atoms with Crippen LogP contribution >= 0.6 is 11.8 Å². The van der Waals surface area contributed by atoms with Crippen molar-refractivity contribution in [2.45, 2.75) is 56.2 Å². The predicted octanol–water partition coefficient (Wildman–Crippen LogP) is 3.35. The Morgan fingerprint density at radius 3 is 2.64 bits per heavy atom. The Labute approximate surface area is 135 Å². The highest BCUT2D eigenvalue weighted by atomic mass is 32.2. The smallest absolute Gasteiger partial charge is 0.408 e. The van der Waals surface area contributed by atoms with Gasteiger partial charge in [0.05, 0.1) is 23.6 Å². The fourth-order valence-electron chi connectivity index (χ4n) is 3.34. The van der Waals surface area contributed by atoms with Gasteiger partial charge in [-0.05, 0) is 58.1 Å². The molecule has 1 heterocycles. The quantitative estimate of drug-likeness (QED) is 0.865. The van der Waals surface area contributed by atoms with Gasteiger partial charge in [0.2, 0.25) is 0 Å². The Morgan fingerprint density at radius 1 is 1.36 bits per heavy atom. The van der Waals surface area contributed by atoms with E-state index in [0.29, 0.717) is 11.8 Å². The number of fused-ring (bicyclic) bond motifs is 1. The maximum absolute atomic E-state index is 12.3. The number of hydrogen-bond acceptors (Lipinski definition) is 5. The number of carbonyl (C=O) groups excluding carboxylic acids is 1. The van der Waals surface area contributed by atoms with Gasteiger partial charge >= 0.3 is 6.09 Å². The van der Waals surface area contributed by atoms with Crippen molar-refractivity contribution in [2.24, 2.45) is 11.8 Å². The van der Waals surface area contributed by atoms with Crippen LogP contribution in [0.25, 0.3) is 0 Å². The molecule has 1 N–H and O–H groups in total. The van der Waals surface area contributed by atoms with Crippen molar-refractivity contribution in [2.75, 3.05) is 6.26 Å². The highest BCUT2D eigenvalue weighted by Crippen LogP contribution is 2.59. The lowest BCUT2D eigenvalue weighted by atomic mass is 9.90. The Kier molecular flexibility index (Phi) is 3.83. The van der Waals surface area contributed by atoms with Gasteiger partial charge in [0.25, 0.3) is 0 Å². The van der Waals surface area contributed by atoms with Crippen LogP contribution in [0.2, 0.25) is 0 Å². The van der Waals surface area contributed by atoms with Crippen LogP contribution in [0.15, 0.2) is 17.4 Å². The maximum atomic E-state index is 12.3. The summed E-state index contributed by atoms with van der Waals surface area (Å²) < 4.78 is 5.45. The second-order valence-electron chi connectivity index (χ2n) is 7.32. The molecule has 6 heteroatoms. The zero-order valence-electron chi connectivity index (χ0n) is 13.5. The van der Waals surface area contributed by atoms with Gasteiger partial charge in [0, 0.05) is 0 Å². The molecule has 2 atom stereocenters. The van der Waals surface area contributed by atoms with Crippen LogP contribution < -0.4 is 5.32 Å². The minimum atomic E-state index is -0.500. The number of ether oxygens (including phenoxy) is 1. The summed E-state index contributed by atoms with van der Waals surface area (Å²) in [5.41, 5.74) is -0.0637. The van der Waals surface area contributed by atoms with E-state index in [9.17, 15) is 4.79 Å². The van der Waals surface area contributed by atoms with Crippen molar-refractivity contribution >= 4 is 17.9 Å². The Morgan fingerprint density at radius 2 is 2.05 bits per heavy atom. The molecule has 0 saturated heterocycles. The molecule has 2 unspecified atom stereocenters. The van der Waals surface area contributed by atoms with E-state index in [1.165, 1.54) is 6.42 Å². The van der Waals surface area contributed by atoms with E-state index < -0.39 is 11.1 Å². The van der Waals surface area contributed by atoms with Crippen molar-refractivity contribution in [1.82, 2.24) is 15.3 Å². The van der Waals surface area contributed by atoms with Gasteiger partial charge in [-0.1, -0.05) is 0 Å². The lowest BCUT2D eigenvalue weighted by Crippen LogP contribution is -2.47.